The van der Waals surface area contributed by atoms with E-state index in [1.54, 1.807) is 37.4 Å². The van der Waals surface area contributed by atoms with Crippen molar-refractivity contribution in [2.75, 3.05) is 7.11 Å². The van der Waals surface area contributed by atoms with Crippen molar-refractivity contribution in [3.8, 4) is 5.75 Å². The van der Waals surface area contributed by atoms with E-state index in [1.807, 2.05) is 24.3 Å². The molecule has 4 nitrogen and oxygen atoms in total. The minimum absolute atomic E-state index is 0.152. The molecule has 0 amide bonds. The molecule has 0 aliphatic heterocycles. The van der Waals surface area contributed by atoms with Gasteiger partial charge in [0.25, 0.3) is 0 Å². The van der Waals surface area contributed by atoms with Crippen LogP contribution in [0.4, 0.5) is 0 Å². The van der Waals surface area contributed by atoms with E-state index in [0.717, 1.165) is 11.3 Å². The standard InChI is InChI=1S/C16H17NO3S/c1-20-12-9-7-11(8-10-12)14-15(17)16(14)21(18,19)13-5-3-2-4-6-13/h2-10,14-16H,17H2,1H3/t14-,15+,16+/m1/s1. The van der Waals surface area contributed by atoms with Gasteiger partial charge in [0.2, 0.25) is 0 Å². The van der Waals surface area contributed by atoms with E-state index in [-0.39, 0.29) is 12.0 Å². The minimum Gasteiger partial charge on any atom is -0.497 e. The fraction of sp³-hybridized carbons (Fsp3) is 0.250. The Kier molecular flexibility index (Phi) is 3.47. The van der Waals surface area contributed by atoms with Gasteiger partial charge in [0, 0.05) is 12.0 Å². The van der Waals surface area contributed by atoms with Crippen LogP contribution in [-0.4, -0.2) is 26.8 Å². The molecule has 0 aromatic heterocycles. The first-order valence-electron chi connectivity index (χ1n) is 6.74. The van der Waals surface area contributed by atoms with E-state index in [9.17, 15) is 8.42 Å². The number of ether oxygens (including phenoxy) is 1. The Hall–Kier alpha value is -1.85. The molecule has 1 aliphatic rings. The Labute approximate surface area is 124 Å². The summed E-state index contributed by atoms with van der Waals surface area (Å²) in [5.41, 5.74) is 6.96. The summed E-state index contributed by atoms with van der Waals surface area (Å²) in [5, 5.41) is -0.548. The fourth-order valence-electron chi connectivity index (χ4n) is 2.71. The molecule has 0 heterocycles. The molecule has 2 N–H and O–H groups in total. The number of rotatable bonds is 4. The molecule has 0 radical (unpaired) electrons. The van der Waals surface area contributed by atoms with Crippen molar-refractivity contribution in [2.45, 2.75) is 22.1 Å². The smallest absolute Gasteiger partial charge is 0.183 e. The van der Waals surface area contributed by atoms with Crippen molar-refractivity contribution in [1.29, 1.82) is 0 Å². The maximum absolute atomic E-state index is 12.6. The Morgan fingerprint density at radius 1 is 1.00 bits per heavy atom. The first-order valence-corrected chi connectivity index (χ1v) is 8.29. The molecular weight excluding hydrogens is 286 g/mol. The molecule has 0 unspecified atom stereocenters. The van der Waals surface area contributed by atoms with Gasteiger partial charge in [-0.2, -0.15) is 0 Å². The molecule has 3 atom stereocenters. The summed E-state index contributed by atoms with van der Waals surface area (Å²) in [4.78, 5) is 0.335. The molecular formula is C16H17NO3S. The Morgan fingerprint density at radius 3 is 2.19 bits per heavy atom. The number of sulfone groups is 1. The normalized spacial score (nSPS) is 24.6. The van der Waals surface area contributed by atoms with Crippen LogP contribution in [-0.2, 0) is 9.84 Å². The predicted octanol–water partition coefficient (Wildman–Crippen LogP) is 1.96. The van der Waals surface area contributed by atoms with Crippen LogP contribution in [0.25, 0.3) is 0 Å². The lowest BCUT2D eigenvalue weighted by molar-refractivity contribution is 0.414. The van der Waals surface area contributed by atoms with Crippen molar-refractivity contribution in [3.63, 3.8) is 0 Å². The van der Waals surface area contributed by atoms with E-state index < -0.39 is 15.1 Å². The average Bonchev–Trinajstić information content (AvgIpc) is 3.20. The molecule has 3 rings (SSSR count). The highest BCUT2D eigenvalue weighted by atomic mass is 32.2. The van der Waals surface area contributed by atoms with Crippen LogP contribution in [0.1, 0.15) is 11.5 Å². The molecule has 0 spiro atoms. The van der Waals surface area contributed by atoms with Gasteiger partial charge in [-0.1, -0.05) is 30.3 Å². The Morgan fingerprint density at radius 2 is 1.62 bits per heavy atom. The number of benzene rings is 2. The van der Waals surface area contributed by atoms with Gasteiger partial charge in [-0.25, -0.2) is 8.42 Å². The Bertz CT molecular complexity index is 726. The second-order valence-corrected chi connectivity index (χ2v) is 7.30. The minimum atomic E-state index is -3.38. The summed E-state index contributed by atoms with van der Waals surface area (Å²) in [6.45, 7) is 0. The molecule has 110 valence electrons. The highest BCUT2D eigenvalue weighted by Gasteiger charge is 2.57. The van der Waals surface area contributed by atoms with Gasteiger partial charge in [0.1, 0.15) is 5.75 Å². The highest BCUT2D eigenvalue weighted by Crippen LogP contribution is 2.47. The SMILES string of the molecule is COc1ccc([C@@H]2[C@H](N)[C@H]2S(=O)(=O)c2ccccc2)cc1. The number of hydrogen-bond acceptors (Lipinski definition) is 4. The van der Waals surface area contributed by atoms with Crippen molar-refractivity contribution in [3.05, 3.63) is 60.2 Å². The monoisotopic (exact) mass is 303 g/mol. The first-order chi connectivity index (χ1) is 10.1. The maximum atomic E-state index is 12.6. The first kappa shape index (κ1) is 14.1. The van der Waals surface area contributed by atoms with Crippen molar-refractivity contribution in [1.82, 2.24) is 0 Å². The third kappa shape index (κ3) is 2.43. The van der Waals surface area contributed by atoms with E-state index in [0.29, 0.717) is 4.90 Å². The zero-order valence-electron chi connectivity index (χ0n) is 11.6. The van der Waals surface area contributed by atoms with E-state index in [1.165, 1.54) is 0 Å². The zero-order valence-corrected chi connectivity index (χ0v) is 12.5. The lowest BCUT2D eigenvalue weighted by atomic mass is 10.1. The van der Waals surface area contributed by atoms with E-state index in [4.69, 9.17) is 10.5 Å². The summed E-state index contributed by atoms with van der Waals surface area (Å²) in [7, 11) is -1.79. The molecule has 2 aromatic carbocycles. The third-order valence-electron chi connectivity index (χ3n) is 3.94. The lowest BCUT2D eigenvalue weighted by Crippen LogP contribution is -2.15. The van der Waals surface area contributed by atoms with Crippen LogP contribution in [0, 0.1) is 0 Å². The number of methoxy groups -OCH3 is 1. The molecule has 21 heavy (non-hydrogen) atoms. The van der Waals surface area contributed by atoms with Crippen LogP contribution in [0.5, 0.6) is 5.75 Å². The summed E-state index contributed by atoms with van der Waals surface area (Å²) >= 11 is 0. The predicted molar refractivity (Wildman–Crippen MR) is 81.1 cm³/mol. The summed E-state index contributed by atoms with van der Waals surface area (Å²) in [6, 6.07) is 15.5. The zero-order chi connectivity index (χ0) is 15.0. The van der Waals surface area contributed by atoms with Gasteiger partial charge in [-0.15, -0.1) is 0 Å². The summed E-state index contributed by atoms with van der Waals surface area (Å²) in [5.74, 6) is 0.594. The molecule has 0 saturated heterocycles. The maximum Gasteiger partial charge on any atom is 0.183 e. The third-order valence-corrected chi connectivity index (χ3v) is 6.19. The topological polar surface area (TPSA) is 69.4 Å². The van der Waals surface area contributed by atoms with Gasteiger partial charge in [-0.05, 0) is 29.8 Å². The van der Waals surface area contributed by atoms with Gasteiger partial charge >= 0.3 is 0 Å². The average molecular weight is 303 g/mol. The van der Waals surface area contributed by atoms with Crippen molar-refractivity contribution in [2.24, 2.45) is 5.73 Å². The largest absolute Gasteiger partial charge is 0.497 e. The molecule has 5 heteroatoms. The van der Waals surface area contributed by atoms with Crippen LogP contribution < -0.4 is 10.5 Å². The molecule has 1 saturated carbocycles. The highest BCUT2D eigenvalue weighted by molar-refractivity contribution is 7.92. The van der Waals surface area contributed by atoms with Crippen molar-refractivity contribution < 1.29 is 13.2 Å². The second kappa shape index (κ2) is 5.16. The van der Waals surface area contributed by atoms with Gasteiger partial charge in [0.05, 0.1) is 17.3 Å². The van der Waals surface area contributed by atoms with Crippen LogP contribution in [0.2, 0.25) is 0 Å². The molecule has 1 fully saturated rings. The summed E-state index contributed by atoms with van der Waals surface area (Å²) in [6.07, 6.45) is 0. The van der Waals surface area contributed by atoms with Gasteiger partial charge in [0.15, 0.2) is 9.84 Å². The number of hydrogen-bond donors (Lipinski definition) is 1. The van der Waals surface area contributed by atoms with Gasteiger partial charge < -0.3 is 10.5 Å². The molecule has 2 aromatic rings. The second-order valence-electron chi connectivity index (χ2n) is 5.20. The quantitative estimate of drug-likeness (QED) is 0.937. The Balaban J connectivity index is 1.88. The van der Waals surface area contributed by atoms with E-state index >= 15 is 0 Å². The van der Waals surface area contributed by atoms with Crippen LogP contribution in [0.15, 0.2) is 59.5 Å². The van der Waals surface area contributed by atoms with E-state index in [2.05, 4.69) is 0 Å². The lowest BCUT2D eigenvalue weighted by Gasteiger charge is -2.04. The fourth-order valence-corrected chi connectivity index (χ4v) is 4.78. The van der Waals surface area contributed by atoms with Crippen molar-refractivity contribution >= 4 is 9.84 Å². The van der Waals surface area contributed by atoms with Crippen LogP contribution in [0.3, 0.4) is 0 Å². The number of nitrogens with two attached hydrogens (primary N) is 1. The molecule has 0 bridgehead atoms. The van der Waals surface area contributed by atoms with Gasteiger partial charge in [-0.3, -0.25) is 0 Å². The van der Waals surface area contributed by atoms with Crippen LogP contribution >= 0.6 is 0 Å². The summed E-state index contributed by atoms with van der Waals surface area (Å²) < 4.78 is 30.3. The molecule has 1 aliphatic carbocycles.